The summed E-state index contributed by atoms with van der Waals surface area (Å²) in [5.74, 6) is -0.373. The summed E-state index contributed by atoms with van der Waals surface area (Å²) >= 11 is 0. The fraction of sp³-hybridized carbons (Fsp3) is 0.600. The van der Waals surface area contributed by atoms with Crippen LogP contribution in [0.1, 0.15) is 45.1 Å². The van der Waals surface area contributed by atoms with Crippen molar-refractivity contribution in [3.05, 3.63) is 22.6 Å². The number of carbonyl (C=O) groups is 1. The van der Waals surface area contributed by atoms with Crippen LogP contribution in [0.2, 0.25) is 0 Å². The van der Waals surface area contributed by atoms with Gasteiger partial charge in [0, 0.05) is 24.2 Å². The number of amides is 1. The Morgan fingerprint density at radius 1 is 1.36 bits per heavy atom. The molecule has 4 atom stereocenters. The molecule has 2 aliphatic heterocycles. The van der Waals surface area contributed by atoms with Crippen LogP contribution < -0.4 is 26.6 Å². The van der Waals surface area contributed by atoms with Crippen molar-refractivity contribution in [2.75, 3.05) is 11.9 Å². The van der Waals surface area contributed by atoms with Crippen molar-refractivity contribution in [3.8, 4) is 5.75 Å². The number of piperidine rings is 1. The van der Waals surface area contributed by atoms with Crippen LogP contribution in [-0.4, -0.2) is 61.4 Å². The lowest BCUT2D eigenvalue weighted by atomic mass is 9.99. The second-order valence-electron chi connectivity index (χ2n) is 8.98. The van der Waals surface area contributed by atoms with Gasteiger partial charge in [-0.15, -0.1) is 0 Å². The van der Waals surface area contributed by atoms with Crippen LogP contribution >= 0.6 is 0 Å². The first-order valence-electron chi connectivity index (χ1n) is 10.9. The van der Waals surface area contributed by atoms with Gasteiger partial charge in [0.05, 0.1) is 11.6 Å². The van der Waals surface area contributed by atoms with Gasteiger partial charge in [0.1, 0.15) is 11.7 Å². The molecule has 11 nitrogen and oxygen atoms in total. The largest absolute Gasteiger partial charge is 0.429 e. The number of anilines is 1. The Kier molecular flexibility index (Phi) is 5.41. The van der Waals surface area contributed by atoms with E-state index < -0.39 is 29.6 Å². The lowest BCUT2D eigenvalue weighted by Crippen LogP contribution is -2.48. The van der Waals surface area contributed by atoms with E-state index in [1.54, 1.807) is 6.92 Å². The number of hydrogen-bond donors (Lipinski definition) is 4. The molecule has 2 saturated heterocycles. The third-order valence-electron chi connectivity index (χ3n) is 6.71. The van der Waals surface area contributed by atoms with E-state index in [1.165, 1.54) is 16.8 Å². The van der Waals surface area contributed by atoms with E-state index >= 15 is 0 Å². The van der Waals surface area contributed by atoms with Crippen molar-refractivity contribution in [1.29, 1.82) is 0 Å². The van der Waals surface area contributed by atoms with Crippen molar-refractivity contribution < 1.29 is 23.4 Å². The van der Waals surface area contributed by atoms with Gasteiger partial charge >= 0.3 is 6.61 Å². The van der Waals surface area contributed by atoms with Crippen molar-refractivity contribution in [1.82, 2.24) is 30.5 Å². The Balaban J connectivity index is 1.52. The molecule has 0 aromatic carbocycles. The molecule has 0 spiro atoms. The average molecular weight is 465 g/mol. The van der Waals surface area contributed by atoms with Crippen molar-refractivity contribution >= 4 is 22.9 Å². The lowest BCUT2D eigenvalue weighted by Gasteiger charge is -2.32. The third-order valence-corrected chi connectivity index (χ3v) is 6.71. The number of aliphatic hydroxyl groups is 1. The fourth-order valence-corrected chi connectivity index (χ4v) is 5.04. The minimum atomic E-state index is -3.16. The number of fused-ring (bicyclic) bond motifs is 2. The third kappa shape index (κ3) is 4.00. The maximum absolute atomic E-state index is 13.1. The second kappa shape index (κ2) is 8.15. The number of hydrazine groups is 2. The molecule has 0 bridgehead atoms. The minimum absolute atomic E-state index is 0.0782. The molecule has 4 heterocycles. The van der Waals surface area contributed by atoms with Gasteiger partial charge in [-0.3, -0.25) is 19.6 Å². The van der Waals surface area contributed by atoms with Gasteiger partial charge in [-0.2, -0.15) is 19.3 Å². The highest BCUT2D eigenvalue weighted by atomic mass is 19.3. The summed E-state index contributed by atoms with van der Waals surface area (Å²) in [6, 6.07) is 0.164. The van der Waals surface area contributed by atoms with Crippen LogP contribution in [0.4, 0.5) is 14.7 Å². The molecular weight excluding hydrogens is 440 g/mol. The normalized spacial score (nSPS) is 30.0. The monoisotopic (exact) mass is 465 g/mol. The minimum Gasteiger partial charge on any atom is -0.429 e. The van der Waals surface area contributed by atoms with Gasteiger partial charge in [0.2, 0.25) is 5.95 Å². The number of rotatable bonds is 5. The van der Waals surface area contributed by atoms with E-state index in [2.05, 4.69) is 31.0 Å². The number of carbonyl (C=O) groups excluding carboxylic acids is 1. The fourth-order valence-electron chi connectivity index (χ4n) is 5.04. The summed E-state index contributed by atoms with van der Waals surface area (Å²) < 4.78 is 31.5. The molecule has 5 rings (SSSR count). The quantitative estimate of drug-likeness (QED) is 0.503. The smallest absolute Gasteiger partial charge is 0.387 e. The highest BCUT2D eigenvalue weighted by Gasteiger charge is 2.41. The summed E-state index contributed by atoms with van der Waals surface area (Å²) in [5.41, 5.74) is 3.68. The van der Waals surface area contributed by atoms with Gasteiger partial charge in [0.15, 0.2) is 5.75 Å². The van der Waals surface area contributed by atoms with Gasteiger partial charge in [-0.25, -0.2) is 9.99 Å². The lowest BCUT2D eigenvalue weighted by molar-refractivity contribution is -0.122. The predicted octanol–water partition coefficient (Wildman–Crippen LogP) is 0.663. The zero-order valence-corrected chi connectivity index (χ0v) is 17.9. The van der Waals surface area contributed by atoms with Crippen molar-refractivity contribution in [2.45, 2.75) is 69.4 Å². The number of hydrogen-bond acceptors (Lipinski definition) is 9. The van der Waals surface area contributed by atoms with E-state index in [0.29, 0.717) is 37.6 Å². The molecule has 1 amide bonds. The van der Waals surface area contributed by atoms with Crippen LogP contribution in [0.3, 0.4) is 0 Å². The van der Waals surface area contributed by atoms with Crippen molar-refractivity contribution in [3.63, 3.8) is 0 Å². The molecular formula is C20H25F2N7O4. The number of nitrogens with one attached hydrogen (secondary N) is 3. The topological polar surface area (TPSA) is 134 Å². The van der Waals surface area contributed by atoms with Gasteiger partial charge in [-0.05, 0) is 45.1 Å². The molecule has 13 heteroatoms. The number of aromatic nitrogens is 3. The van der Waals surface area contributed by atoms with E-state index in [-0.39, 0.29) is 29.6 Å². The Morgan fingerprint density at radius 2 is 2.18 bits per heavy atom. The van der Waals surface area contributed by atoms with Gasteiger partial charge in [0.25, 0.3) is 11.5 Å². The first-order chi connectivity index (χ1) is 15.7. The number of alkyl halides is 2. The summed E-state index contributed by atoms with van der Waals surface area (Å²) in [4.78, 5) is 33.9. The molecule has 178 valence electrons. The van der Waals surface area contributed by atoms with Crippen LogP contribution in [0.5, 0.6) is 5.75 Å². The highest BCUT2D eigenvalue weighted by molar-refractivity contribution is 5.83. The molecule has 4 N–H and O–H groups in total. The predicted molar refractivity (Wildman–Crippen MR) is 112 cm³/mol. The average Bonchev–Trinajstić information content (AvgIpc) is 3.30. The Hall–Kier alpha value is -2.90. The Morgan fingerprint density at radius 3 is 2.91 bits per heavy atom. The van der Waals surface area contributed by atoms with Gasteiger partial charge in [-0.1, -0.05) is 0 Å². The molecule has 1 aliphatic carbocycles. The van der Waals surface area contributed by atoms with E-state index in [4.69, 9.17) is 0 Å². The summed E-state index contributed by atoms with van der Waals surface area (Å²) in [7, 11) is 0. The van der Waals surface area contributed by atoms with Crippen LogP contribution in [0, 0.1) is 0 Å². The standard InChI is InChI=1S/C20H25F2N7O4/c1-20(32)5-2-3-14(20)29-15-10(7-13(17(29)31)33-18(21)22)9-23-19(25-15)24-11-4-6-28-12(8-11)16(30)26-27-28/h7,9,11-12,14,18,27,32H,2-6,8H2,1H3,(H,26,30)(H,23,24,25)/t11?,12?,14-,20-/m1/s1. The number of halogens is 2. The molecule has 2 unspecified atom stereocenters. The van der Waals surface area contributed by atoms with E-state index in [1.807, 2.05) is 5.01 Å². The number of nitrogens with zero attached hydrogens (tertiary/aromatic N) is 4. The molecule has 33 heavy (non-hydrogen) atoms. The highest BCUT2D eigenvalue weighted by Crippen LogP contribution is 2.40. The molecule has 3 aliphatic rings. The molecule has 2 aromatic heterocycles. The zero-order chi connectivity index (χ0) is 23.3. The van der Waals surface area contributed by atoms with Crippen LogP contribution in [-0.2, 0) is 4.79 Å². The first-order valence-corrected chi connectivity index (χ1v) is 10.9. The van der Waals surface area contributed by atoms with Crippen LogP contribution in [0.25, 0.3) is 11.0 Å². The Labute approximate surface area is 187 Å². The maximum Gasteiger partial charge on any atom is 0.387 e. The van der Waals surface area contributed by atoms with Crippen molar-refractivity contribution in [2.24, 2.45) is 0 Å². The summed E-state index contributed by atoms with van der Waals surface area (Å²) in [6.07, 6.45) is 4.34. The molecule has 1 saturated carbocycles. The zero-order valence-electron chi connectivity index (χ0n) is 17.9. The molecule has 2 aromatic rings. The molecule has 0 radical (unpaired) electrons. The van der Waals surface area contributed by atoms with Gasteiger partial charge < -0.3 is 15.2 Å². The van der Waals surface area contributed by atoms with E-state index in [0.717, 1.165) is 6.42 Å². The maximum atomic E-state index is 13.1. The molecule has 3 fully saturated rings. The summed E-state index contributed by atoms with van der Waals surface area (Å²) in [6.45, 7) is -0.903. The van der Waals surface area contributed by atoms with E-state index in [9.17, 15) is 23.5 Å². The first kappa shape index (κ1) is 21.9. The second-order valence-corrected chi connectivity index (χ2v) is 8.98. The SMILES string of the molecule is C[C@@]1(O)CCC[C@H]1n1c(=O)c(OC(F)F)cc2cnc(NC3CCN4NNC(=O)C4C3)nc21. The number of ether oxygens (including phenoxy) is 1. The Bertz CT molecular complexity index is 1140. The summed E-state index contributed by atoms with van der Waals surface area (Å²) in [5, 5.41) is 16.3. The number of pyridine rings is 1. The van der Waals surface area contributed by atoms with Crippen LogP contribution in [0.15, 0.2) is 17.1 Å².